The smallest absolute Gasteiger partial charge is 0.253 e. The van der Waals surface area contributed by atoms with E-state index in [0.29, 0.717) is 0 Å². The maximum absolute atomic E-state index is 11.4. The first kappa shape index (κ1) is 11.3. The lowest BCUT2D eigenvalue weighted by Crippen LogP contribution is -2.19. The second-order valence-corrected chi connectivity index (χ2v) is 3.79. The number of aryl methyl sites for hydroxylation is 2. The Morgan fingerprint density at radius 3 is 2.86 bits per heavy atom. The fraction of sp³-hybridized carbons (Fsp3) is 0.600. The summed E-state index contributed by atoms with van der Waals surface area (Å²) in [5, 5.41) is 0. The van der Waals surface area contributed by atoms with E-state index in [2.05, 4.69) is 17.6 Å². The van der Waals surface area contributed by atoms with E-state index in [4.69, 9.17) is 0 Å². The van der Waals surface area contributed by atoms with E-state index in [1.807, 2.05) is 6.92 Å². The van der Waals surface area contributed by atoms with Crippen LogP contribution in [0.25, 0.3) is 0 Å². The van der Waals surface area contributed by atoms with Crippen LogP contribution in [0.2, 0.25) is 0 Å². The molecule has 0 fully saturated rings. The van der Waals surface area contributed by atoms with Gasteiger partial charge < -0.3 is 0 Å². The molecule has 1 aromatic heterocycles. The monoisotopic (exact) mass is 212 g/mol. The normalized spacial score (nSPS) is 10.4. The lowest BCUT2D eigenvalue weighted by Gasteiger charge is -2.04. The van der Waals surface area contributed by atoms with Gasteiger partial charge in [-0.25, -0.2) is 4.98 Å². The van der Waals surface area contributed by atoms with E-state index < -0.39 is 0 Å². The molecule has 0 aliphatic rings. The van der Waals surface area contributed by atoms with E-state index >= 15 is 0 Å². The zero-order valence-corrected chi connectivity index (χ0v) is 9.33. The van der Waals surface area contributed by atoms with Crippen molar-refractivity contribution in [3.63, 3.8) is 0 Å². The third-order valence-corrected chi connectivity index (χ3v) is 2.39. The molecule has 3 nitrogen and oxygen atoms in total. The van der Waals surface area contributed by atoms with E-state index in [1.165, 1.54) is 0 Å². The van der Waals surface area contributed by atoms with Gasteiger partial charge in [0, 0.05) is 18.3 Å². The Morgan fingerprint density at radius 2 is 2.21 bits per heavy atom. The van der Waals surface area contributed by atoms with Gasteiger partial charge in [0.1, 0.15) is 0 Å². The molecule has 0 spiro atoms. The van der Waals surface area contributed by atoms with Crippen molar-refractivity contribution in [3.05, 3.63) is 28.4 Å². The standard InChI is InChI=1S/C10H16N2OS/c1-9-7-10(13)12(8-11-9)5-3-2-4-6-14/h7-8,14H,2-6H2,1H3. The van der Waals surface area contributed by atoms with E-state index in [1.54, 1.807) is 17.0 Å². The first-order valence-corrected chi connectivity index (χ1v) is 5.51. The van der Waals surface area contributed by atoms with Crippen molar-refractivity contribution in [1.82, 2.24) is 9.55 Å². The minimum Gasteiger partial charge on any atom is -0.299 e. The summed E-state index contributed by atoms with van der Waals surface area (Å²) in [6.45, 7) is 2.59. The van der Waals surface area contributed by atoms with Crippen molar-refractivity contribution in [1.29, 1.82) is 0 Å². The van der Waals surface area contributed by atoms with Crippen molar-refractivity contribution in [3.8, 4) is 0 Å². The number of rotatable bonds is 5. The topological polar surface area (TPSA) is 34.9 Å². The molecule has 0 aliphatic carbocycles. The third-order valence-electron chi connectivity index (χ3n) is 2.07. The Bertz CT molecular complexity index is 335. The largest absolute Gasteiger partial charge is 0.299 e. The fourth-order valence-electron chi connectivity index (χ4n) is 1.26. The lowest BCUT2D eigenvalue weighted by atomic mass is 10.2. The van der Waals surface area contributed by atoms with E-state index in [9.17, 15) is 4.79 Å². The molecule has 1 heterocycles. The predicted octanol–water partition coefficient (Wildman–Crippen LogP) is 1.65. The van der Waals surface area contributed by atoms with Crippen LogP contribution < -0.4 is 5.56 Å². The molecule has 14 heavy (non-hydrogen) atoms. The predicted molar refractivity (Wildman–Crippen MR) is 60.9 cm³/mol. The van der Waals surface area contributed by atoms with Crippen LogP contribution in [0.4, 0.5) is 0 Å². The summed E-state index contributed by atoms with van der Waals surface area (Å²) in [5.41, 5.74) is 0.824. The summed E-state index contributed by atoms with van der Waals surface area (Å²) in [5.74, 6) is 0.918. The summed E-state index contributed by atoms with van der Waals surface area (Å²) < 4.78 is 1.66. The minimum atomic E-state index is 0.0448. The fourth-order valence-corrected chi connectivity index (χ4v) is 1.48. The van der Waals surface area contributed by atoms with E-state index in [0.717, 1.165) is 37.3 Å². The second-order valence-electron chi connectivity index (χ2n) is 3.35. The first-order chi connectivity index (χ1) is 6.74. The molecule has 0 saturated carbocycles. The molecule has 1 aromatic rings. The average Bonchev–Trinajstić information content (AvgIpc) is 2.15. The molecule has 0 aliphatic heterocycles. The molecule has 4 heteroatoms. The highest BCUT2D eigenvalue weighted by Crippen LogP contribution is 1.98. The number of hydrogen-bond acceptors (Lipinski definition) is 3. The van der Waals surface area contributed by atoms with Gasteiger partial charge >= 0.3 is 0 Å². The molecule has 0 radical (unpaired) electrons. The highest BCUT2D eigenvalue weighted by Gasteiger charge is 1.96. The van der Waals surface area contributed by atoms with E-state index in [-0.39, 0.29) is 5.56 Å². The number of hydrogen-bond donors (Lipinski definition) is 1. The van der Waals surface area contributed by atoms with Crippen LogP contribution in [0.1, 0.15) is 25.0 Å². The molecule has 0 aromatic carbocycles. The maximum Gasteiger partial charge on any atom is 0.253 e. The van der Waals surface area contributed by atoms with Crippen molar-refractivity contribution in [2.45, 2.75) is 32.7 Å². The SMILES string of the molecule is Cc1cc(=O)n(CCCCCS)cn1. The van der Waals surface area contributed by atoms with Crippen molar-refractivity contribution in [2.24, 2.45) is 0 Å². The molecule has 0 bridgehead atoms. The Labute approximate surface area is 89.6 Å². The molecule has 0 atom stereocenters. The van der Waals surface area contributed by atoms with Crippen LogP contribution in [0.3, 0.4) is 0 Å². The van der Waals surface area contributed by atoms with Gasteiger partial charge in [-0.3, -0.25) is 9.36 Å². The lowest BCUT2D eigenvalue weighted by molar-refractivity contribution is 0.580. The number of unbranched alkanes of at least 4 members (excludes halogenated alkanes) is 2. The van der Waals surface area contributed by atoms with Gasteiger partial charge in [-0.15, -0.1) is 0 Å². The Hall–Kier alpha value is -0.770. The van der Waals surface area contributed by atoms with Crippen LogP contribution in [0, 0.1) is 6.92 Å². The van der Waals surface area contributed by atoms with Gasteiger partial charge in [-0.2, -0.15) is 12.6 Å². The summed E-state index contributed by atoms with van der Waals surface area (Å²) in [6, 6.07) is 1.57. The van der Waals surface area contributed by atoms with Crippen LogP contribution in [-0.2, 0) is 6.54 Å². The average molecular weight is 212 g/mol. The van der Waals surface area contributed by atoms with Crippen molar-refractivity contribution < 1.29 is 0 Å². The highest BCUT2D eigenvalue weighted by molar-refractivity contribution is 7.80. The summed E-state index contributed by atoms with van der Waals surface area (Å²) in [6.07, 6.45) is 4.87. The van der Waals surface area contributed by atoms with Crippen molar-refractivity contribution in [2.75, 3.05) is 5.75 Å². The third kappa shape index (κ3) is 3.54. The Balaban J connectivity index is 2.47. The number of thiol groups is 1. The van der Waals surface area contributed by atoms with Gasteiger partial charge in [-0.1, -0.05) is 6.42 Å². The maximum atomic E-state index is 11.4. The number of aromatic nitrogens is 2. The molecule has 0 amide bonds. The van der Waals surface area contributed by atoms with Crippen LogP contribution in [0.5, 0.6) is 0 Å². The molecule has 0 N–H and O–H groups in total. The van der Waals surface area contributed by atoms with Crippen molar-refractivity contribution >= 4 is 12.6 Å². The summed E-state index contributed by atoms with van der Waals surface area (Å²) >= 11 is 4.13. The summed E-state index contributed by atoms with van der Waals surface area (Å²) in [4.78, 5) is 15.5. The molecular weight excluding hydrogens is 196 g/mol. The number of nitrogens with zero attached hydrogens (tertiary/aromatic N) is 2. The molecule has 0 unspecified atom stereocenters. The molecule has 0 saturated heterocycles. The van der Waals surface area contributed by atoms with Gasteiger partial charge in [0.2, 0.25) is 0 Å². The molecule has 78 valence electrons. The van der Waals surface area contributed by atoms with Gasteiger partial charge in [-0.05, 0) is 25.5 Å². The first-order valence-electron chi connectivity index (χ1n) is 4.88. The molecular formula is C10H16N2OS. The van der Waals surface area contributed by atoms with Crippen LogP contribution in [-0.4, -0.2) is 15.3 Å². The van der Waals surface area contributed by atoms with Gasteiger partial charge in [0.25, 0.3) is 5.56 Å². The zero-order chi connectivity index (χ0) is 10.4. The van der Waals surface area contributed by atoms with Crippen LogP contribution >= 0.6 is 12.6 Å². The molecule has 1 rings (SSSR count). The summed E-state index contributed by atoms with van der Waals surface area (Å²) in [7, 11) is 0. The Kier molecular flexibility index (Phi) is 4.73. The van der Waals surface area contributed by atoms with Gasteiger partial charge in [0.05, 0.1) is 6.33 Å². The zero-order valence-electron chi connectivity index (χ0n) is 8.44. The second kappa shape index (κ2) is 5.86. The van der Waals surface area contributed by atoms with Crippen LogP contribution in [0.15, 0.2) is 17.2 Å². The minimum absolute atomic E-state index is 0.0448. The Morgan fingerprint density at radius 1 is 1.43 bits per heavy atom. The highest BCUT2D eigenvalue weighted by atomic mass is 32.1. The quantitative estimate of drug-likeness (QED) is 0.595. The van der Waals surface area contributed by atoms with Gasteiger partial charge in [0.15, 0.2) is 0 Å².